The van der Waals surface area contributed by atoms with Crippen molar-refractivity contribution in [1.82, 2.24) is 9.88 Å². The van der Waals surface area contributed by atoms with Crippen molar-refractivity contribution in [3.8, 4) is 0 Å². The number of ether oxygens (including phenoxy) is 1. The zero-order valence-electron chi connectivity index (χ0n) is 11.2. The average molecular weight is 281 g/mol. The van der Waals surface area contributed by atoms with Gasteiger partial charge in [0.05, 0.1) is 6.61 Å². The van der Waals surface area contributed by atoms with Crippen LogP contribution in [0.15, 0.2) is 10.7 Å². The van der Waals surface area contributed by atoms with Crippen LogP contribution in [-0.4, -0.2) is 47.4 Å². The lowest BCUT2D eigenvalue weighted by Gasteiger charge is -2.27. The van der Waals surface area contributed by atoms with E-state index < -0.39 is 12.0 Å². The SMILES string of the molecule is CCOC(=O)c1coc(NC2CCC(=O)N(C)C2=O)n1. The molecule has 0 aromatic carbocycles. The number of likely N-dealkylation sites (N-methyl/N-ethyl adjacent to an activating group) is 1. The maximum Gasteiger partial charge on any atom is 0.360 e. The molecule has 2 heterocycles. The molecule has 1 aromatic rings. The van der Waals surface area contributed by atoms with Crippen LogP contribution in [0.2, 0.25) is 0 Å². The lowest BCUT2D eigenvalue weighted by atomic mass is 10.1. The molecule has 0 saturated carbocycles. The van der Waals surface area contributed by atoms with Crippen molar-refractivity contribution in [2.45, 2.75) is 25.8 Å². The second-order valence-electron chi connectivity index (χ2n) is 4.28. The number of hydrogen-bond acceptors (Lipinski definition) is 7. The van der Waals surface area contributed by atoms with Crippen LogP contribution < -0.4 is 5.32 Å². The molecule has 1 N–H and O–H groups in total. The monoisotopic (exact) mass is 281 g/mol. The topological polar surface area (TPSA) is 102 Å². The van der Waals surface area contributed by atoms with Gasteiger partial charge in [-0.3, -0.25) is 14.5 Å². The highest BCUT2D eigenvalue weighted by atomic mass is 16.5. The maximum absolute atomic E-state index is 11.9. The van der Waals surface area contributed by atoms with E-state index in [1.165, 1.54) is 7.05 Å². The normalized spacial score (nSPS) is 19.1. The van der Waals surface area contributed by atoms with Crippen molar-refractivity contribution in [2.75, 3.05) is 19.0 Å². The van der Waals surface area contributed by atoms with Crippen LogP contribution >= 0.6 is 0 Å². The molecule has 1 unspecified atom stereocenters. The molecule has 0 bridgehead atoms. The summed E-state index contributed by atoms with van der Waals surface area (Å²) in [6.45, 7) is 1.92. The lowest BCUT2D eigenvalue weighted by Crippen LogP contribution is -2.48. The van der Waals surface area contributed by atoms with E-state index >= 15 is 0 Å². The molecule has 8 nitrogen and oxygen atoms in total. The van der Waals surface area contributed by atoms with E-state index in [1.807, 2.05) is 0 Å². The van der Waals surface area contributed by atoms with Gasteiger partial charge in [0.1, 0.15) is 12.3 Å². The molecule has 2 rings (SSSR count). The van der Waals surface area contributed by atoms with Crippen molar-refractivity contribution < 1.29 is 23.5 Å². The van der Waals surface area contributed by atoms with Crippen LogP contribution in [-0.2, 0) is 14.3 Å². The summed E-state index contributed by atoms with van der Waals surface area (Å²) in [6.07, 6.45) is 1.78. The molecule has 0 aliphatic carbocycles. The zero-order valence-corrected chi connectivity index (χ0v) is 11.2. The van der Waals surface area contributed by atoms with E-state index in [2.05, 4.69) is 10.3 Å². The Balaban J connectivity index is 2.02. The van der Waals surface area contributed by atoms with Crippen LogP contribution in [0.5, 0.6) is 0 Å². The Labute approximate surface area is 115 Å². The van der Waals surface area contributed by atoms with Crippen molar-refractivity contribution in [3.05, 3.63) is 12.0 Å². The summed E-state index contributed by atoms with van der Waals surface area (Å²) >= 11 is 0. The summed E-state index contributed by atoms with van der Waals surface area (Å²) in [6, 6.07) is -0.541. The lowest BCUT2D eigenvalue weighted by molar-refractivity contribution is -0.146. The van der Waals surface area contributed by atoms with Gasteiger partial charge in [-0.15, -0.1) is 0 Å². The molecule has 0 spiro atoms. The summed E-state index contributed by atoms with van der Waals surface area (Å²) in [5, 5.41) is 2.77. The number of carbonyl (C=O) groups is 3. The largest absolute Gasteiger partial charge is 0.461 e. The first kappa shape index (κ1) is 14.0. The van der Waals surface area contributed by atoms with Gasteiger partial charge in [-0.25, -0.2) is 4.79 Å². The number of oxazole rings is 1. The second-order valence-corrected chi connectivity index (χ2v) is 4.28. The number of carbonyl (C=O) groups excluding carboxylic acids is 3. The fourth-order valence-electron chi connectivity index (χ4n) is 1.84. The van der Waals surface area contributed by atoms with Gasteiger partial charge in [0.15, 0.2) is 5.69 Å². The molecule has 1 atom stereocenters. The Bertz CT molecular complexity index is 539. The highest BCUT2D eigenvalue weighted by Crippen LogP contribution is 2.17. The highest BCUT2D eigenvalue weighted by Gasteiger charge is 2.32. The number of piperidine rings is 1. The summed E-state index contributed by atoms with van der Waals surface area (Å²) < 4.78 is 9.84. The minimum Gasteiger partial charge on any atom is -0.461 e. The summed E-state index contributed by atoms with van der Waals surface area (Å²) in [4.78, 5) is 39.6. The molecule has 1 aliphatic heterocycles. The zero-order chi connectivity index (χ0) is 14.7. The van der Waals surface area contributed by atoms with Gasteiger partial charge in [-0.2, -0.15) is 4.98 Å². The number of esters is 1. The smallest absolute Gasteiger partial charge is 0.360 e. The van der Waals surface area contributed by atoms with Gasteiger partial charge >= 0.3 is 5.97 Å². The van der Waals surface area contributed by atoms with Crippen molar-refractivity contribution in [2.24, 2.45) is 0 Å². The number of imide groups is 1. The number of nitrogens with one attached hydrogen (secondary N) is 1. The molecule has 1 aliphatic rings. The van der Waals surface area contributed by atoms with Crippen molar-refractivity contribution >= 4 is 23.8 Å². The number of nitrogens with zero attached hydrogens (tertiary/aromatic N) is 2. The number of aromatic nitrogens is 1. The Morgan fingerprint density at radius 2 is 2.35 bits per heavy atom. The molecule has 1 fully saturated rings. The molecule has 0 radical (unpaired) electrons. The minimum absolute atomic E-state index is 0.0297. The fourth-order valence-corrected chi connectivity index (χ4v) is 1.84. The molecular formula is C12H15N3O5. The van der Waals surface area contributed by atoms with Crippen LogP contribution in [0.4, 0.5) is 6.01 Å². The average Bonchev–Trinajstić information content (AvgIpc) is 2.88. The molecule has 108 valence electrons. The first-order valence-electron chi connectivity index (χ1n) is 6.22. The second kappa shape index (κ2) is 5.72. The van der Waals surface area contributed by atoms with Crippen LogP contribution in [0.3, 0.4) is 0 Å². The van der Waals surface area contributed by atoms with Gasteiger partial charge < -0.3 is 14.5 Å². The van der Waals surface area contributed by atoms with E-state index in [9.17, 15) is 14.4 Å². The summed E-state index contributed by atoms with van der Waals surface area (Å²) in [5.74, 6) is -1.16. The highest BCUT2D eigenvalue weighted by molar-refractivity contribution is 6.01. The predicted octanol–water partition coefficient (Wildman–Crippen LogP) is 0.411. The van der Waals surface area contributed by atoms with Gasteiger partial charge in [0, 0.05) is 13.5 Å². The molecule has 20 heavy (non-hydrogen) atoms. The van der Waals surface area contributed by atoms with E-state index in [-0.39, 0.29) is 36.6 Å². The van der Waals surface area contributed by atoms with Gasteiger partial charge in [-0.1, -0.05) is 0 Å². The summed E-state index contributed by atoms with van der Waals surface area (Å²) in [7, 11) is 1.43. The van der Waals surface area contributed by atoms with E-state index in [0.29, 0.717) is 6.42 Å². The van der Waals surface area contributed by atoms with Gasteiger partial charge in [0.25, 0.3) is 11.9 Å². The van der Waals surface area contributed by atoms with E-state index in [4.69, 9.17) is 9.15 Å². The third kappa shape index (κ3) is 2.79. The van der Waals surface area contributed by atoms with Gasteiger partial charge in [0.2, 0.25) is 5.91 Å². The van der Waals surface area contributed by atoms with E-state index in [0.717, 1.165) is 11.2 Å². The number of amides is 2. The fraction of sp³-hybridized carbons (Fsp3) is 0.500. The standard InChI is InChI=1S/C12H15N3O5/c1-3-19-11(18)8-6-20-12(14-8)13-7-4-5-9(16)15(2)10(7)17/h6-7H,3-5H2,1-2H3,(H,13,14). The van der Waals surface area contributed by atoms with Crippen LogP contribution in [0.25, 0.3) is 0 Å². The minimum atomic E-state index is -0.591. The Hall–Kier alpha value is -2.38. The first-order chi connectivity index (χ1) is 9.52. The molecule has 1 saturated heterocycles. The molecule has 2 amide bonds. The first-order valence-corrected chi connectivity index (χ1v) is 6.22. The van der Waals surface area contributed by atoms with Crippen LogP contribution in [0.1, 0.15) is 30.3 Å². The predicted molar refractivity (Wildman–Crippen MR) is 66.9 cm³/mol. The number of rotatable bonds is 4. The Morgan fingerprint density at radius 1 is 1.60 bits per heavy atom. The quantitative estimate of drug-likeness (QED) is 0.630. The van der Waals surface area contributed by atoms with Crippen LogP contribution in [0, 0.1) is 0 Å². The van der Waals surface area contributed by atoms with E-state index in [1.54, 1.807) is 6.92 Å². The maximum atomic E-state index is 11.9. The van der Waals surface area contributed by atoms with Crippen molar-refractivity contribution in [3.63, 3.8) is 0 Å². The number of hydrogen-bond donors (Lipinski definition) is 1. The molecular weight excluding hydrogens is 266 g/mol. The third-order valence-electron chi connectivity index (χ3n) is 2.94. The Morgan fingerprint density at radius 3 is 3.05 bits per heavy atom. The molecule has 1 aromatic heterocycles. The summed E-state index contributed by atoms with van der Waals surface area (Å²) in [5.41, 5.74) is 0.0297. The number of likely N-dealkylation sites (tertiary alicyclic amines) is 1. The third-order valence-corrected chi connectivity index (χ3v) is 2.94. The Kier molecular flexibility index (Phi) is 4.02. The van der Waals surface area contributed by atoms with Crippen molar-refractivity contribution in [1.29, 1.82) is 0 Å². The van der Waals surface area contributed by atoms with Gasteiger partial charge in [-0.05, 0) is 13.3 Å². The number of anilines is 1. The molecule has 8 heteroatoms.